The summed E-state index contributed by atoms with van der Waals surface area (Å²) in [4.78, 5) is 0. The molecular weight excluding hydrogens is 217 g/mol. The van der Waals surface area contributed by atoms with Crippen molar-refractivity contribution in [3.05, 3.63) is 0 Å². The van der Waals surface area contributed by atoms with Gasteiger partial charge in [0.15, 0.2) is 0 Å². The molecule has 0 rings (SSSR count). The zero-order valence-electron chi connectivity index (χ0n) is 5.58. The third-order valence-corrected chi connectivity index (χ3v) is 4.95. The van der Waals surface area contributed by atoms with E-state index in [0.29, 0.717) is 11.8 Å². The molecule has 0 saturated heterocycles. The second-order valence-corrected chi connectivity index (χ2v) is 6.54. The molecule has 0 amide bonds. The Kier molecular flexibility index (Phi) is 5.35. The van der Waals surface area contributed by atoms with Gasteiger partial charge in [-0.3, -0.25) is 0 Å². The standard InChI is InChI=1S/C4H12AsNO3S/c6-3-1-5-2-4-10(7,8)9/h5H,1-4,6H2,(H,7,8,9). The quantitative estimate of drug-likeness (QED) is 0.364. The first kappa shape index (κ1) is 10.4. The maximum atomic E-state index is 10.1. The molecule has 0 aliphatic heterocycles. The molecule has 3 N–H and O–H groups in total. The van der Waals surface area contributed by atoms with Gasteiger partial charge in [-0.25, -0.2) is 0 Å². The summed E-state index contributed by atoms with van der Waals surface area (Å²) in [5.74, 6) is -0.0903. The monoisotopic (exact) mass is 229 g/mol. The van der Waals surface area contributed by atoms with Crippen molar-refractivity contribution in [2.24, 2.45) is 5.73 Å². The zero-order chi connectivity index (χ0) is 8.04. The van der Waals surface area contributed by atoms with E-state index in [2.05, 4.69) is 0 Å². The molecule has 0 aromatic carbocycles. The summed E-state index contributed by atoms with van der Waals surface area (Å²) in [7, 11) is -3.71. The van der Waals surface area contributed by atoms with Gasteiger partial charge in [-0.15, -0.1) is 0 Å². The third kappa shape index (κ3) is 8.43. The summed E-state index contributed by atoms with van der Waals surface area (Å²) in [6.07, 6.45) is 0. The van der Waals surface area contributed by atoms with Crippen LogP contribution in [-0.2, 0) is 10.1 Å². The Hall–Kier alpha value is 0.428. The van der Waals surface area contributed by atoms with E-state index in [9.17, 15) is 8.42 Å². The zero-order valence-corrected chi connectivity index (χ0v) is 8.49. The average Bonchev–Trinajstić information content (AvgIpc) is 1.78. The minimum absolute atomic E-state index is 0.0903. The van der Waals surface area contributed by atoms with E-state index >= 15 is 0 Å². The second kappa shape index (κ2) is 5.13. The van der Waals surface area contributed by atoms with Crippen LogP contribution >= 0.6 is 0 Å². The SMILES string of the molecule is NCC[AsH]CCS(=O)(=O)O. The molecule has 0 saturated carbocycles. The van der Waals surface area contributed by atoms with Crippen LogP contribution in [0.25, 0.3) is 0 Å². The molecule has 1 atom stereocenters. The summed E-state index contributed by atoms with van der Waals surface area (Å²) < 4.78 is 28.6. The second-order valence-electron chi connectivity index (χ2n) is 1.82. The van der Waals surface area contributed by atoms with Gasteiger partial charge in [-0.2, -0.15) is 0 Å². The summed E-state index contributed by atoms with van der Waals surface area (Å²) in [6.45, 7) is 0.630. The molecule has 1 unspecified atom stereocenters. The van der Waals surface area contributed by atoms with Crippen LogP contribution in [0, 0.1) is 0 Å². The molecule has 0 bridgehead atoms. The molecular formula is C4H12AsNO3S. The Morgan fingerprint density at radius 1 is 1.40 bits per heavy atom. The molecule has 10 heavy (non-hydrogen) atoms. The maximum absolute atomic E-state index is 10.1. The molecule has 0 radical (unpaired) electrons. The van der Waals surface area contributed by atoms with E-state index in [1.165, 1.54) is 0 Å². The summed E-state index contributed by atoms with van der Waals surface area (Å²) >= 11 is -0.223. The summed E-state index contributed by atoms with van der Waals surface area (Å²) in [6, 6.07) is 0. The predicted molar refractivity (Wildman–Crippen MR) is 42.2 cm³/mol. The van der Waals surface area contributed by atoms with Crippen LogP contribution in [0.4, 0.5) is 0 Å². The topological polar surface area (TPSA) is 80.4 Å². The summed E-state index contributed by atoms with van der Waals surface area (Å²) in [5.41, 5.74) is 5.20. The summed E-state index contributed by atoms with van der Waals surface area (Å²) in [5, 5.41) is 1.56. The van der Waals surface area contributed by atoms with Gasteiger partial charge in [0.05, 0.1) is 0 Å². The molecule has 4 nitrogen and oxygen atoms in total. The van der Waals surface area contributed by atoms with Crippen LogP contribution in [0.3, 0.4) is 0 Å². The van der Waals surface area contributed by atoms with E-state index in [4.69, 9.17) is 10.3 Å². The van der Waals surface area contributed by atoms with E-state index in [1.54, 1.807) is 0 Å². The molecule has 0 heterocycles. The predicted octanol–water partition coefficient (Wildman–Crippen LogP) is -0.894. The number of hydrogen-bond acceptors (Lipinski definition) is 3. The van der Waals surface area contributed by atoms with E-state index in [1.807, 2.05) is 0 Å². The van der Waals surface area contributed by atoms with Crippen LogP contribution in [-0.4, -0.2) is 41.0 Å². The van der Waals surface area contributed by atoms with Crippen molar-refractivity contribution in [2.45, 2.75) is 10.4 Å². The van der Waals surface area contributed by atoms with Crippen LogP contribution in [0.1, 0.15) is 0 Å². The van der Waals surface area contributed by atoms with Gasteiger partial charge in [-0.05, 0) is 0 Å². The fraction of sp³-hybridized carbons (Fsp3) is 1.00. The van der Waals surface area contributed by atoms with Crippen molar-refractivity contribution in [3.63, 3.8) is 0 Å². The van der Waals surface area contributed by atoms with Crippen LogP contribution < -0.4 is 5.73 Å². The Morgan fingerprint density at radius 3 is 2.40 bits per heavy atom. The Morgan fingerprint density at radius 2 is 2.00 bits per heavy atom. The molecule has 6 heteroatoms. The normalized spacial score (nSPS) is 13.0. The number of hydrogen-bond donors (Lipinski definition) is 2. The molecule has 62 valence electrons. The first-order chi connectivity index (χ1) is 4.56. The molecule has 0 aliphatic rings. The van der Waals surface area contributed by atoms with Crippen LogP contribution in [0.5, 0.6) is 0 Å². The van der Waals surface area contributed by atoms with Gasteiger partial charge in [0.25, 0.3) is 0 Å². The van der Waals surface area contributed by atoms with Gasteiger partial charge in [0, 0.05) is 0 Å². The van der Waals surface area contributed by atoms with Crippen molar-refractivity contribution in [3.8, 4) is 0 Å². The molecule has 0 fully saturated rings. The van der Waals surface area contributed by atoms with Crippen molar-refractivity contribution in [2.75, 3.05) is 12.3 Å². The van der Waals surface area contributed by atoms with E-state index in [-0.39, 0.29) is 21.5 Å². The number of rotatable bonds is 5. The average molecular weight is 229 g/mol. The van der Waals surface area contributed by atoms with Crippen molar-refractivity contribution < 1.29 is 13.0 Å². The Balaban J connectivity index is 3.21. The van der Waals surface area contributed by atoms with Crippen molar-refractivity contribution in [1.82, 2.24) is 0 Å². The van der Waals surface area contributed by atoms with Gasteiger partial charge >= 0.3 is 67.3 Å². The van der Waals surface area contributed by atoms with Crippen molar-refractivity contribution >= 4 is 25.9 Å². The first-order valence-corrected chi connectivity index (χ1v) is 7.50. The Labute approximate surface area is 67.6 Å². The fourth-order valence-corrected chi connectivity index (χ4v) is 4.32. The molecule has 0 spiro atoms. The van der Waals surface area contributed by atoms with E-state index < -0.39 is 10.1 Å². The first-order valence-electron chi connectivity index (χ1n) is 2.92. The third-order valence-electron chi connectivity index (χ3n) is 0.858. The minimum atomic E-state index is -3.71. The number of nitrogens with two attached hydrogens (primary N) is 1. The van der Waals surface area contributed by atoms with Crippen LogP contribution in [0.2, 0.25) is 10.4 Å². The fourth-order valence-electron chi connectivity index (χ4n) is 0.428. The molecule has 0 aromatic rings. The van der Waals surface area contributed by atoms with Gasteiger partial charge < -0.3 is 0 Å². The van der Waals surface area contributed by atoms with Crippen LogP contribution in [0.15, 0.2) is 0 Å². The van der Waals surface area contributed by atoms with Gasteiger partial charge in [0.1, 0.15) is 0 Å². The van der Waals surface area contributed by atoms with Gasteiger partial charge in [-0.1, -0.05) is 0 Å². The molecule has 0 aliphatic carbocycles. The van der Waals surface area contributed by atoms with Gasteiger partial charge in [0.2, 0.25) is 0 Å². The Bertz CT molecular complexity index is 167. The molecule has 0 aromatic heterocycles. The van der Waals surface area contributed by atoms with E-state index in [0.717, 1.165) is 5.21 Å². The van der Waals surface area contributed by atoms with Crippen molar-refractivity contribution in [1.29, 1.82) is 0 Å².